The van der Waals surface area contributed by atoms with Crippen molar-refractivity contribution >= 4 is 11.8 Å². The van der Waals surface area contributed by atoms with Gasteiger partial charge in [0.1, 0.15) is 0 Å². The van der Waals surface area contributed by atoms with E-state index in [9.17, 15) is 0 Å². The van der Waals surface area contributed by atoms with E-state index in [0.717, 1.165) is 31.2 Å². The van der Waals surface area contributed by atoms with Crippen LogP contribution < -0.4 is 10.2 Å². The van der Waals surface area contributed by atoms with Crippen molar-refractivity contribution in [2.45, 2.75) is 46.1 Å². The Morgan fingerprint density at radius 1 is 1.44 bits per heavy atom. The van der Waals surface area contributed by atoms with Crippen LogP contribution in [0.5, 0.6) is 0 Å². The normalized spacial score (nSPS) is 18.7. The Hall–Kier alpha value is -1.39. The SMILES string of the molecule is CCC(C)Nc1nncc(N2CCC(C)CC2)n1. The van der Waals surface area contributed by atoms with Crippen LogP contribution in [-0.2, 0) is 0 Å². The van der Waals surface area contributed by atoms with Gasteiger partial charge < -0.3 is 10.2 Å². The highest BCUT2D eigenvalue weighted by atomic mass is 15.3. The molecule has 5 nitrogen and oxygen atoms in total. The van der Waals surface area contributed by atoms with E-state index in [1.165, 1.54) is 12.8 Å². The molecule has 0 aliphatic carbocycles. The molecule has 0 aromatic carbocycles. The molecule has 0 spiro atoms. The summed E-state index contributed by atoms with van der Waals surface area (Å²) in [7, 11) is 0. The summed E-state index contributed by atoms with van der Waals surface area (Å²) in [6, 6.07) is 0.378. The number of piperidine rings is 1. The van der Waals surface area contributed by atoms with Gasteiger partial charge in [-0.15, -0.1) is 5.10 Å². The minimum Gasteiger partial charge on any atom is -0.355 e. The molecular weight excluding hydrogens is 226 g/mol. The second-order valence-corrected chi connectivity index (χ2v) is 5.26. The second kappa shape index (κ2) is 5.98. The number of hydrogen-bond acceptors (Lipinski definition) is 5. The second-order valence-electron chi connectivity index (χ2n) is 5.26. The number of hydrogen-bond donors (Lipinski definition) is 1. The van der Waals surface area contributed by atoms with Crippen LogP contribution in [0.3, 0.4) is 0 Å². The molecule has 1 aliphatic heterocycles. The number of rotatable bonds is 4. The van der Waals surface area contributed by atoms with Crippen molar-refractivity contribution in [3.63, 3.8) is 0 Å². The van der Waals surface area contributed by atoms with Gasteiger partial charge in [0.25, 0.3) is 0 Å². The molecule has 0 saturated carbocycles. The first-order chi connectivity index (χ1) is 8.69. The molecule has 0 amide bonds. The van der Waals surface area contributed by atoms with Gasteiger partial charge in [-0.05, 0) is 32.1 Å². The van der Waals surface area contributed by atoms with Crippen molar-refractivity contribution in [1.29, 1.82) is 0 Å². The molecule has 1 unspecified atom stereocenters. The lowest BCUT2D eigenvalue weighted by molar-refractivity contribution is 0.436. The minimum atomic E-state index is 0.378. The quantitative estimate of drug-likeness (QED) is 0.887. The van der Waals surface area contributed by atoms with Crippen molar-refractivity contribution in [2.75, 3.05) is 23.3 Å². The molecule has 100 valence electrons. The molecule has 0 bridgehead atoms. The lowest BCUT2D eigenvalue weighted by Gasteiger charge is -2.30. The molecule has 18 heavy (non-hydrogen) atoms. The van der Waals surface area contributed by atoms with Crippen LogP contribution in [-0.4, -0.2) is 34.3 Å². The summed E-state index contributed by atoms with van der Waals surface area (Å²) in [5.41, 5.74) is 0. The molecule has 1 aromatic heterocycles. The summed E-state index contributed by atoms with van der Waals surface area (Å²) in [5.74, 6) is 2.41. The fourth-order valence-corrected chi connectivity index (χ4v) is 2.07. The van der Waals surface area contributed by atoms with Gasteiger partial charge in [0.2, 0.25) is 5.95 Å². The average Bonchev–Trinajstić information content (AvgIpc) is 2.40. The van der Waals surface area contributed by atoms with Gasteiger partial charge >= 0.3 is 0 Å². The van der Waals surface area contributed by atoms with Crippen molar-refractivity contribution in [1.82, 2.24) is 15.2 Å². The Labute approximate surface area is 109 Å². The van der Waals surface area contributed by atoms with E-state index in [2.05, 4.69) is 46.2 Å². The number of nitrogens with zero attached hydrogens (tertiary/aromatic N) is 4. The zero-order chi connectivity index (χ0) is 13.0. The molecule has 1 aromatic rings. The maximum Gasteiger partial charge on any atom is 0.244 e. The van der Waals surface area contributed by atoms with Gasteiger partial charge in [-0.3, -0.25) is 0 Å². The molecule has 1 atom stereocenters. The average molecular weight is 249 g/mol. The third-order valence-electron chi connectivity index (χ3n) is 3.64. The number of aromatic nitrogens is 3. The molecule has 2 rings (SSSR count). The summed E-state index contributed by atoms with van der Waals surface area (Å²) < 4.78 is 0. The van der Waals surface area contributed by atoms with Crippen LogP contribution in [0.15, 0.2) is 6.20 Å². The summed E-state index contributed by atoms with van der Waals surface area (Å²) in [6.45, 7) is 8.72. The Morgan fingerprint density at radius 3 is 2.83 bits per heavy atom. The van der Waals surface area contributed by atoms with E-state index < -0.39 is 0 Å². The van der Waals surface area contributed by atoms with Gasteiger partial charge in [0.15, 0.2) is 5.82 Å². The largest absolute Gasteiger partial charge is 0.355 e. The van der Waals surface area contributed by atoms with Crippen molar-refractivity contribution in [2.24, 2.45) is 5.92 Å². The lowest BCUT2D eigenvalue weighted by Crippen LogP contribution is -2.33. The van der Waals surface area contributed by atoms with Gasteiger partial charge in [-0.2, -0.15) is 10.1 Å². The molecule has 5 heteroatoms. The van der Waals surface area contributed by atoms with Crippen LogP contribution in [0, 0.1) is 5.92 Å². The Balaban J connectivity index is 2.02. The molecule has 1 fully saturated rings. The Bertz CT molecular complexity index is 373. The highest BCUT2D eigenvalue weighted by Gasteiger charge is 2.17. The highest BCUT2D eigenvalue weighted by molar-refractivity contribution is 5.40. The Morgan fingerprint density at radius 2 is 2.17 bits per heavy atom. The van der Waals surface area contributed by atoms with Crippen molar-refractivity contribution in [3.05, 3.63) is 6.20 Å². The summed E-state index contributed by atoms with van der Waals surface area (Å²) >= 11 is 0. The summed E-state index contributed by atoms with van der Waals surface area (Å²) in [5, 5.41) is 11.4. The Kier molecular flexibility index (Phi) is 4.33. The van der Waals surface area contributed by atoms with Crippen LogP contribution in [0.25, 0.3) is 0 Å². The number of nitrogens with one attached hydrogen (secondary N) is 1. The molecule has 1 N–H and O–H groups in total. The zero-order valence-corrected chi connectivity index (χ0v) is 11.6. The van der Waals surface area contributed by atoms with Gasteiger partial charge in [0.05, 0.1) is 6.20 Å². The summed E-state index contributed by atoms with van der Waals surface area (Å²) in [6.07, 6.45) is 5.28. The maximum absolute atomic E-state index is 4.55. The van der Waals surface area contributed by atoms with E-state index in [1.54, 1.807) is 6.20 Å². The van der Waals surface area contributed by atoms with Crippen LogP contribution in [0.4, 0.5) is 11.8 Å². The smallest absolute Gasteiger partial charge is 0.244 e. The van der Waals surface area contributed by atoms with Crippen molar-refractivity contribution in [3.8, 4) is 0 Å². The van der Waals surface area contributed by atoms with E-state index >= 15 is 0 Å². The van der Waals surface area contributed by atoms with Crippen LogP contribution in [0.1, 0.15) is 40.0 Å². The third-order valence-corrected chi connectivity index (χ3v) is 3.64. The van der Waals surface area contributed by atoms with E-state index in [0.29, 0.717) is 12.0 Å². The molecular formula is C13H23N5. The minimum absolute atomic E-state index is 0.378. The summed E-state index contributed by atoms with van der Waals surface area (Å²) in [4.78, 5) is 6.85. The standard InChI is InChI=1S/C13H23N5/c1-4-11(3)15-13-16-12(9-14-17-13)18-7-5-10(2)6-8-18/h9-11H,4-8H2,1-3H3,(H,15,16,17). The highest BCUT2D eigenvalue weighted by Crippen LogP contribution is 2.21. The monoisotopic (exact) mass is 249 g/mol. The predicted octanol–water partition coefficient (Wildman–Crippen LogP) is 2.32. The van der Waals surface area contributed by atoms with Gasteiger partial charge in [0, 0.05) is 19.1 Å². The lowest BCUT2D eigenvalue weighted by atomic mass is 9.99. The first kappa shape index (κ1) is 13.1. The first-order valence-electron chi connectivity index (χ1n) is 6.90. The molecule has 0 radical (unpaired) electrons. The topological polar surface area (TPSA) is 53.9 Å². The predicted molar refractivity (Wildman–Crippen MR) is 73.8 cm³/mol. The molecule has 1 aliphatic rings. The molecule has 1 saturated heterocycles. The fraction of sp³-hybridized carbons (Fsp3) is 0.769. The van der Waals surface area contributed by atoms with E-state index in [1.807, 2.05) is 0 Å². The van der Waals surface area contributed by atoms with E-state index in [-0.39, 0.29) is 0 Å². The number of anilines is 2. The van der Waals surface area contributed by atoms with Crippen molar-refractivity contribution < 1.29 is 0 Å². The van der Waals surface area contributed by atoms with Gasteiger partial charge in [-0.1, -0.05) is 13.8 Å². The first-order valence-corrected chi connectivity index (χ1v) is 6.90. The maximum atomic E-state index is 4.55. The third kappa shape index (κ3) is 3.31. The zero-order valence-electron chi connectivity index (χ0n) is 11.6. The van der Waals surface area contributed by atoms with Crippen LogP contribution in [0.2, 0.25) is 0 Å². The molecule has 2 heterocycles. The van der Waals surface area contributed by atoms with E-state index in [4.69, 9.17) is 0 Å². The fourth-order valence-electron chi connectivity index (χ4n) is 2.07. The van der Waals surface area contributed by atoms with Crippen LogP contribution >= 0.6 is 0 Å². The van der Waals surface area contributed by atoms with Gasteiger partial charge in [-0.25, -0.2) is 0 Å².